The van der Waals surface area contributed by atoms with Gasteiger partial charge in [-0.2, -0.15) is 0 Å². The van der Waals surface area contributed by atoms with E-state index in [9.17, 15) is 49.8 Å². The van der Waals surface area contributed by atoms with Gasteiger partial charge in [0.1, 0.15) is 0 Å². The lowest BCUT2D eigenvalue weighted by Gasteiger charge is -2.35. The molecule has 0 bridgehead atoms. The second-order valence-electron chi connectivity index (χ2n) is 11.1. The lowest BCUT2D eigenvalue weighted by atomic mass is 9.83. The van der Waals surface area contributed by atoms with Gasteiger partial charge in [-0.05, 0) is 74.9 Å². The topological polar surface area (TPSA) is 238 Å². The highest BCUT2D eigenvalue weighted by atomic mass is 16.3. The van der Waals surface area contributed by atoms with Crippen LogP contribution in [-0.2, 0) is 4.79 Å². The summed E-state index contributed by atoms with van der Waals surface area (Å²) in [5, 5.41) is 70.2. The highest BCUT2D eigenvalue weighted by Crippen LogP contribution is 2.30. The fraction of sp³-hybridized carbons (Fsp3) is 0.333. The summed E-state index contributed by atoms with van der Waals surface area (Å²) in [5.74, 6) is -5.03. The molecule has 3 rings (SSSR count). The number of benzene rings is 3. The Morgan fingerprint density at radius 2 is 0.830 bits per heavy atom. The van der Waals surface area contributed by atoms with Crippen molar-refractivity contribution < 1.29 is 49.8 Å². The lowest BCUT2D eigenvalue weighted by molar-refractivity contribution is -0.121. The molecule has 0 aliphatic rings. The number of amides is 4. The van der Waals surface area contributed by atoms with Crippen molar-refractivity contribution >= 4 is 23.6 Å². The summed E-state index contributed by atoms with van der Waals surface area (Å²) in [6.45, 7) is 1.85. The maximum atomic E-state index is 12.6. The molecule has 0 aromatic heterocycles. The van der Waals surface area contributed by atoms with Crippen molar-refractivity contribution in [1.82, 2.24) is 21.3 Å². The lowest BCUT2D eigenvalue weighted by Crippen LogP contribution is -2.49. The number of phenols is 6. The molecule has 0 radical (unpaired) electrons. The van der Waals surface area contributed by atoms with Gasteiger partial charge in [0.2, 0.25) is 5.91 Å². The quantitative estimate of drug-likeness (QED) is 0.0802. The molecule has 47 heavy (non-hydrogen) atoms. The zero-order valence-corrected chi connectivity index (χ0v) is 25.9. The van der Waals surface area contributed by atoms with E-state index >= 15 is 0 Å². The van der Waals surface area contributed by atoms with Crippen molar-refractivity contribution in [3.05, 3.63) is 71.3 Å². The zero-order valence-electron chi connectivity index (χ0n) is 25.9. The summed E-state index contributed by atoms with van der Waals surface area (Å²) in [6.07, 6.45) is 2.29. The Morgan fingerprint density at radius 1 is 0.532 bits per heavy atom. The second-order valence-corrected chi connectivity index (χ2v) is 11.1. The third-order valence-corrected chi connectivity index (χ3v) is 7.57. The Balaban J connectivity index is 1.66. The molecule has 252 valence electrons. The molecule has 0 heterocycles. The monoisotopic (exact) mass is 652 g/mol. The van der Waals surface area contributed by atoms with Gasteiger partial charge in [0.05, 0.1) is 16.7 Å². The van der Waals surface area contributed by atoms with E-state index in [4.69, 9.17) is 0 Å². The minimum Gasteiger partial charge on any atom is -0.504 e. The summed E-state index contributed by atoms with van der Waals surface area (Å²) >= 11 is 0. The van der Waals surface area contributed by atoms with Gasteiger partial charge in [0.15, 0.2) is 34.5 Å². The maximum absolute atomic E-state index is 12.6. The molecule has 0 saturated carbocycles. The molecular formula is C33H40N4O10. The minimum absolute atomic E-state index is 0.0971. The van der Waals surface area contributed by atoms with Crippen molar-refractivity contribution in [2.75, 3.05) is 19.6 Å². The SMILES string of the molecule is CC(=O)NC(CCCNC(=O)c1cccc(O)c1O)(CCCNC(=O)c1cccc(O)c1O)CCCNC(=O)c1cccc(O)c1O. The standard InChI is InChI=1S/C33H40N4O10/c1-20(38)37-33(14-5-17-34-30(45)21-8-2-11-24(39)27(21)42,15-6-18-35-31(46)22-9-3-12-25(40)28(22)43)16-7-19-36-32(47)23-10-4-13-26(41)29(23)44/h2-4,8-13,39-44H,5-7,14-19H2,1H3,(H,34,45)(H,35,46)(H,36,47)(H,37,38). The van der Waals surface area contributed by atoms with Crippen molar-refractivity contribution in [3.63, 3.8) is 0 Å². The van der Waals surface area contributed by atoms with Crippen molar-refractivity contribution in [2.45, 2.75) is 51.0 Å². The van der Waals surface area contributed by atoms with E-state index < -0.39 is 57.8 Å². The van der Waals surface area contributed by atoms with E-state index in [-0.39, 0.29) is 42.2 Å². The molecule has 0 unspecified atom stereocenters. The van der Waals surface area contributed by atoms with Gasteiger partial charge in [0, 0.05) is 32.1 Å². The number of aromatic hydroxyl groups is 6. The van der Waals surface area contributed by atoms with Gasteiger partial charge in [-0.1, -0.05) is 18.2 Å². The summed E-state index contributed by atoms with van der Waals surface area (Å²) in [7, 11) is 0. The maximum Gasteiger partial charge on any atom is 0.255 e. The molecule has 0 fully saturated rings. The number of carbonyl (C=O) groups excluding carboxylic acids is 4. The van der Waals surface area contributed by atoms with Gasteiger partial charge in [-0.25, -0.2) is 0 Å². The van der Waals surface area contributed by atoms with E-state index in [1.165, 1.54) is 61.5 Å². The largest absolute Gasteiger partial charge is 0.504 e. The molecule has 0 aliphatic heterocycles. The van der Waals surface area contributed by atoms with Crippen LogP contribution in [0.25, 0.3) is 0 Å². The Bertz CT molecular complexity index is 1420. The first-order valence-electron chi connectivity index (χ1n) is 15.0. The molecule has 0 atom stereocenters. The van der Waals surface area contributed by atoms with Crippen LogP contribution >= 0.6 is 0 Å². The first-order chi connectivity index (χ1) is 22.3. The Labute approximate surface area is 271 Å². The van der Waals surface area contributed by atoms with Crippen LogP contribution in [0.5, 0.6) is 34.5 Å². The molecule has 0 saturated heterocycles. The number of para-hydroxylation sites is 3. The van der Waals surface area contributed by atoms with Crippen LogP contribution in [0.2, 0.25) is 0 Å². The average molecular weight is 653 g/mol. The third-order valence-electron chi connectivity index (χ3n) is 7.57. The first kappa shape index (κ1) is 35.8. The first-order valence-corrected chi connectivity index (χ1v) is 15.0. The van der Waals surface area contributed by atoms with Crippen molar-refractivity contribution in [3.8, 4) is 34.5 Å². The molecule has 14 heteroatoms. The molecule has 3 aromatic carbocycles. The molecule has 0 spiro atoms. The van der Waals surface area contributed by atoms with Crippen LogP contribution in [0.15, 0.2) is 54.6 Å². The predicted molar refractivity (Wildman–Crippen MR) is 171 cm³/mol. The van der Waals surface area contributed by atoms with E-state index in [1.807, 2.05) is 0 Å². The highest BCUT2D eigenvalue weighted by Gasteiger charge is 2.30. The molecular weight excluding hydrogens is 612 g/mol. The number of phenolic OH excluding ortho intramolecular Hbond substituents is 6. The predicted octanol–water partition coefficient (Wildman–Crippen LogP) is 2.73. The van der Waals surface area contributed by atoms with Gasteiger partial charge in [0.25, 0.3) is 17.7 Å². The Hall–Kier alpha value is -5.66. The van der Waals surface area contributed by atoms with Crippen LogP contribution in [0, 0.1) is 0 Å². The summed E-state index contributed by atoms with van der Waals surface area (Å²) in [6, 6.07) is 12.1. The Kier molecular flexibility index (Phi) is 12.6. The van der Waals surface area contributed by atoms with Crippen LogP contribution in [-0.4, -0.2) is 79.4 Å². The second kappa shape index (κ2) is 16.6. The molecule has 14 nitrogen and oxygen atoms in total. The van der Waals surface area contributed by atoms with Crippen molar-refractivity contribution in [1.29, 1.82) is 0 Å². The molecule has 3 aromatic rings. The number of hydrogen-bond donors (Lipinski definition) is 10. The van der Waals surface area contributed by atoms with Gasteiger partial charge >= 0.3 is 0 Å². The highest BCUT2D eigenvalue weighted by molar-refractivity contribution is 5.98. The molecule has 4 amide bonds. The zero-order chi connectivity index (χ0) is 34.6. The molecule has 10 N–H and O–H groups in total. The van der Waals surface area contributed by atoms with E-state index in [0.29, 0.717) is 38.5 Å². The summed E-state index contributed by atoms with van der Waals surface area (Å²) in [5.41, 5.74) is -1.13. The number of hydrogen-bond acceptors (Lipinski definition) is 10. The number of carbonyl (C=O) groups is 4. The van der Waals surface area contributed by atoms with Gasteiger partial charge in [-0.15, -0.1) is 0 Å². The Morgan fingerprint density at radius 3 is 1.11 bits per heavy atom. The minimum atomic E-state index is -0.834. The van der Waals surface area contributed by atoms with E-state index in [2.05, 4.69) is 21.3 Å². The van der Waals surface area contributed by atoms with Crippen LogP contribution in [0.3, 0.4) is 0 Å². The summed E-state index contributed by atoms with van der Waals surface area (Å²) in [4.78, 5) is 50.2. The van der Waals surface area contributed by atoms with Gasteiger partial charge in [-0.3, -0.25) is 19.2 Å². The fourth-order valence-corrected chi connectivity index (χ4v) is 5.25. The van der Waals surface area contributed by atoms with E-state index in [0.717, 1.165) is 0 Å². The number of rotatable bonds is 16. The molecule has 0 aliphatic carbocycles. The smallest absolute Gasteiger partial charge is 0.255 e. The van der Waals surface area contributed by atoms with Gasteiger partial charge < -0.3 is 51.9 Å². The van der Waals surface area contributed by atoms with Crippen molar-refractivity contribution in [2.24, 2.45) is 0 Å². The van der Waals surface area contributed by atoms with E-state index in [1.54, 1.807) is 0 Å². The van der Waals surface area contributed by atoms with Crippen LogP contribution in [0.4, 0.5) is 0 Å². The number of nitrogens with one attached hydrogen (secondary N) is 4. The third kappa shape index (κ3) is 9.91. The average Bonchev–Trinajstić information content (AvgIpc) is 3.03. The normalized spacial score (nSPS) is 11.0. The summed E-state index contributed by atoms with van der Waals surface area (Å²) < 4.78 is 0. The van der Waals surface area contributed by atoms with Crippen LogP contribution in [0.1, 0.15) is 76.5 Å². The fourth-order valence-electron chi connectivity index (χ4n) is 5.25. The van der Waals surface area contributed by atoms with Crippen LogP contribution < -0.4 is 21.3 Å².